The van der Waals surface area contributed by atoms with Crippen molar-refractivity contribution in [3.8, 4) is 11.5 Å². The minimum Gasteiger partial charge on any atom is -0.493 e. The van der Waals surface area contributed by atoms with E-state index >= 15 is 0 Å². The molecule has 2 unspecified atom stereocenters. The van der Waals surface area contributed by atoms with Gasteiger partial charge in [-0.3, -0.25) is 0 Å². The Bertz CT molecular complexity index is 430. The zero-order valence-corrected chi connectivity index (χ0v) is 13.4. The van der Waals surface area contributed by atoms with Gasteiger partial charge >= 0.3 is 0 Å². The molecule has 2 atom stereocenters. The van der Waals surface area contributed by atoms with Crippen molar-refractivity contribution in [2.45, 2.75) is 44.8 Å². The third-order valence-corrected chi connectivity index (χ3v) is 3.97. The van der Waals surface area contributed by atoms with Gasteiger partial charge in [0.1, 0.15) is 0 Å². The van der Waals surface area contributed by atoms with E-state index in [1.54, 1.807) is 14.2 Å². The van der Waals surface area contributed by atoms with Crippen LogP contribution in [0, 0.1) is 0 Å². The maximum Gasteiger partial charge on any atom is 0.160 e. The molecule has 1 heterocycles. The van der Waals surface area contributed by atoms with Crippen molar-refractivity contribution in [3.63, 3.8) is 0 Å². The van der Waals surface area contributed by atoms with E-state index in [-0.39, 0.29) is 0 Å². The molecule has 1 saturated heterocycles. The van der Waals surface area contributed by atoms with E-state index in [1.807, 2.05) is 6.07 Å². The lowest BCUT2D eigenvalue weighted by Gasteiger charge is -2.17. The van der Waals surface area contributed by atoms with E-state index in [0.717, 1.165) is 37.5 Å². The molecule has 0 spiro atoms. The van der Waals surface area contributed by atoms with Gasteiger partial charge in [0.25, 0.3) is 0 Å². The number of hydrogen-bond acceptors (Lipinski definition) is 4. The summed E-state index contributed by atoms with van der Waals surface area (Å²) in [5.41, 5.74) is 1.25. The van der Waals surface area contributed by atoms with Crippen LogP contribution in [0.1, 0.15) is 31.7 Å². The first-order chi connectivity index (χ1) is 10.2. The topological polar surface area (TPSA) is 39.7 Å². The Morgan fingerprint density at radius 1 is 1.29 bits per heavy atom. The Balaban J connectivity index is 1.77. The first-order valence-electron chi connectivity index (χ1n) is 7.79. The highest BCUT2D eigenvalue weighted by atomic mass is 16.5. The van der Waals surface area contributed by atoms with Gasteiger partial charge in [-0.05, 0) is 56.8 Å². The van der Waals surface area contributed by atoms with Crippen LogP contribution in [0.25, 0.3) is 0 Å². The Morgan fingerprint density at radius 2 is 2.10 bits per heavy atom. The Hall–Kier alpha value is -1.26. The molecule has 0 saturated carbocycles. The van der Waals surface area contributed by atoms with Crippen LogP contribution in [-0.4, -0.2) is 39.5 Å². The van der Waals surface area contributed by atoms with E-state index in [9.17, 15) is 0 Å². The van der Waals surface area contributed by atoms with Crippen molar-refractivity contribution < 1.29 is 14.2 Å². The van der Waals surface area contributed by atoms with Crippen LogP contribution in [-0.2, 0) is 11.2 Å². The summed E-state index contributed by atoms with van der Waals surface area (Å²) in [6, 6.07) is 6.55. The Labute approximate surface area is 127 Å². The van der Waals surface area contributed by atoms with Crippen molar-refractivity contribution in [3.05, 3.63) is 23.8 Å². The number of benzene rings is 1. The fourth-order valence-electron chi connectivity index (χ4n) is 2.80. The highest BCUT2D eigenvalue weighted by Crippen LogP contribution is 2.27. The summed E-state index contributed by atoms with van der Waals surface area (Å²) < 4.78 is 16.2. The van der Waals surface area contributed by atoms with Gasteiger partial charge in [0.2, 0.25) is 0 Å². The molecule has 1 aliphatic heterocycles. The average molecular weight is 293 g/mol. The predicted molar refractivity (Wildman–Crippen MR) is 84.3 cm³/mol. The molecule has 1 aromatic rings. The lowest BCUT2D eigenvalue weighted by atomic mass is 10.1. The fourth-order valence-corrected chi connectivity index (χ4v) is 2.80. The third kappa shape index (κ3) is 4.90. The number of nitrogens with one attached hydrogen (secondary N) is 1. The zero-order valence-electron chi connectivity index (χ0n) is 13.4. The summed E-state index contributed by atoms with van der Waals surface area (Å²) >= 11 is 0. The molecule has 0 amide bonds. The van der Waals surface area contributed by atoms with Crippen LogP contribution in [0.5, 0.6) is 11.5 Å². The molecule has 1 fully saturated rings. The number of hydrogen-bond donors (Lipinski definition) is 1. The van der Waals surface area contributed by atoms with E-state index < -0.39 is 0 Å². The van der Waals surface area contributed by atoms with E-state index in [1.165, 1.54) is 18.4 Å². The van der Waals surface area contributed by atoms with Gasteiger partial charge in [-0.15, -0.1) is 0 Å². The van der Waals surface area contributed by atoms with Gasteiger partial charge in [-0.1, -0.05) is 6.07 Å². The van der Waals surface area contributed by atoms with Crippen LogP contribution in [0.3, 0.4) is 0 Å². The quantitative estimate of drug-likeness (QED) is 0.800. The molecule has 4 nitrogen and oxygen atoms in total. The molecule has 2 rings (SSSR count). The number of ether oxygens (including phenoxy) is 3. The Kier molecular flexibility index (Phi) is 6.33. The first kappa shape index (κ1) is 16.1. The molecule has 0 bridgehead atoms. The van der Waals surface area contributed by atoms with Crippen molar-refractivity contribution in [1.82, 2.24) is 5.32 Å². The summed E-state index contributed by atoms with van der Waals surface area (Å²) in [7, 11) is 3.33. The lowest BCUT2D eigenvalue weighted by Crippen LogP contribution is -2.30. The molecule has 4 heteroatoms. The second-order valence-electron chi connectivity index (χ2n) is 5.67. The molecule has 1 aromatic carbocycles. The molecule has 118 valence electrons. The summed E-state index contributed by atoms with van der Waals surface area (Å²) in [4.78, 5) is 0. The summed E-state index contributed by atoms with van der Waals surface area (Å²) in [5, 5.41) is 3.57. The van der Waals surface area contributed by atoms with Gasteiger partial charge in [0.05, 0.1) is 20.3 Å². The van der Waals surface area contributed by atoms with Crippen molar-refractivity contribution in [2.75, 3.05) is 27.4 Å². The first-order valence-corrected chi connectivity index (χ1v) is 7.79. The van der Waals surface area contributed by atoms with Crippen LogP contribution < -0.4 is 14.8 Å². The van der Waals surface area contributed by atoms with Crippen LogP contribution in [0.15, 0.2) is 18.2 Å². The molecule has 0 aromatic heterocycles. The minimum atomic E-state index is 0.435. The summed E-state index contributed by atoms with van der Waals surface area (Å²) in [6.07, 6.45) is 4.98. The van der Waals surface area contributed by atoms with Crippen LogP contribution in [0.2, 0.25) is 0 Å². The summed E-state index contributed by atoms with van der Waals surface area (Å²) in [6.45, 7) is 4.16. The number of rotatable bonds is 8. The summed E-state index contributed by atoms with van der Waals surface area (Å²) in [5.74, 6) is 1.57. The average Bonchev–Trinajstić information content (AvgIpc) is 3.00. The standard InChI is InChI=1S/C17H27NO3/c1-13(18-9-8-15-5-4-10-21-15)11-14-6-7-16(19-2)17(12-14)20-3/h6-7,12-13,15,18H,4-5,8-11H2,1-3H3. The van der Waals surface area contributed by atoms with Gasteiger partial charge < -0.3 is 19.5 Å². The fraction of sp³-hybridized carbons (Fsp3) is 0.647. The third-order valence-electron chi connectivity index (χ3n) is 3.97. The minimum absolute atomic E-state index is 0.435. The molecular formula is C17H27NO3. The Morgan fingerprint density at radius 3 is 2.76 bits per heavy atom. The number of methoxy groups -OCH3 is 2. The predicted octanol–water partition coefficient (Wildman–Crippen LogP) is 2.79. The molecule has 1 N–H and O–H groups in total. The second kappa shape index (κ2) is 8.25. The zero-order chi connectivity index (χ0) is 15.1. The normalized spacial score (nSPS) is 19.5. The van der Waals surface area contributed by atoms with Gasteiger partial charge in [-0.25, -0.2) is 0 Å². The van der Waals surface area contributed by atoms with Gasteiger partial charge in [-0.2, -0.15) is 0 Å². The smallest absolute Gasteiger partial charge is 0.160 e. The van der Waals surface area contributed by atoms with Crippen molar-refractivity contribution >= 4 is 0 Å². The van der Waals surface area contributed by atoms with Crippen LogP contribution in [0.4, 0.5) is 0 Å². The highest BCUT2D eigenvalue weighted by molar-refractivity contribution is 5.43. The highest BCUT2D eigenvalue weighted by Gasteiger charge is 2.15. The van der Waals surface area contributed by atoms with Crippen molar-refractivity contribution in [1.29, 1.82) is 0 Å². The van der Waals surface area contributed by atoms with Gasteiger partial charge in [0.15, 0.2) is 11.5 Å². The molecule has 0 radical (unpaired) electrons. The monoisotopic (exact) mass is 293 g/mol. The maximum atomic E-state index is 5.64. The SMILES string of the molecule is COc1ccc(CC(C)NCCC2CCCO2)cc1OC. The molecular weight excluding hydrogens is 266 g/mol. The lowest BCUT2D eigenvalue weighted by molar-refractivity contribution is 0.103. The van der Waals surface area contributed by atoms with Gasteiger partial charge in [0, 0.05) is 12.6 Å². The molecule has 1 aliphatic rings. The maximum absolute atomic E-state index is 5.64. The second-order valence-corrected chi connectivity index (χ2v) is 5.67. The largest absolute Gasteiger partial charge is 0.493 e. The van der Waals surface area contributed by atoms with Crippen LogP contribution >= 0.6 is 0 Å². The molecule has 0 aliphatic carbocycles. The molecule has 21 heavy (non-hydrogen) atoms. The van der Waals surface area contributed by atoms with E-state index in [4.69, 9.17) is 14.2 Å². The van der Waals surface area contributed by atoms with E-state index in [2.05, 4.69) is 24.4 Å². The van der Waals surface area contributed by atoms with Crippen molar-refractivity contribution in [2.24, 2.45) is 0 Å². The van der Waals surface area contributed by atoms with E-state index in [0.29, 0.717) is 12.1 Å².